The number of hydrogen-bond donors (Lipinski definition) is 2. The summed E-state index contributed by atoms with van der Waals surface area (Å²) >= 11 is 0. The van der Waals surface area contributed by atoms with Crippen molar-refractivity contribution >= 4 is 16.9 Å². The van der Waals surface area contributed by atoms with Crippen LogP contribution in [0.1, 0.15) is 30.2 Å². The molecule has 4 heteroatoms. The van der Waals surface area contributed by atoms with E-state index in [-0.39, 0.29) is 11.8 Å². The molecule has 0 bridgehead atoms. The molecule has 0 amide bonds. The zero-order chi connectivity index (χ0) is 18.1. The van der Waals surface area contributed by atoms with Crippen molar-refractivity contribution in [3.63, 3.8) is 0 Å². The van der Waals surface area contributed by atoms with Gasteiger partial charge >= 0.3 is 5.97 Å². The summed E-state index contributed by atoms with van der Waals surface area (Å²) in [5.41, 5.74) is 4.75. The van der Waals surface area contributed by atoms with Crippen LogP contribution >= 0.6 is 0 Å². The van der Waals surface area contributed by atoms with E-state index in [1.165, 1.54) is 16.6 Å². The number of carboxylic acid groups (broad SMARTS) is 1. The molecular weight excluding hydrogens is 326 g/mol. The van der Waals surface area contributed by atoms with Crippen LogP contribution in [0.3, 0.4) is 0 Å². The van der Waals surface area contributed by atoms with Crippen molar-refractivity contribution in [2.75, 3.05) is 0 Å². The number of hydrogen-bond acceptors (Lipinski definition) is 2. The molecule has 1 heterocycles. The summed E-state index contributed by atoms with van der Waals surface area (Å²) in [5, 5.41) is 10.5. The highest BCUT2D eigenvalue weighted by molar-refractivity contribution is 5.86. The highest BCUT2D eigenvalue weighted by atomic mass is 16.5. The van der Waals surface area contributed by atoms with Crippen molar-refractivity contribution < 1.29 is 14.6 Å². The monoisotopic (exact) mass is 349 g/mol. The molecule has 0 fully saturated rings. The van der Waals surface area contributed by atoms with Crippen molar-refractivity contribution in [1.82, 2.24) is 4.98 Å². The number of fused-ring (bicyclic) bond motifs is 3. The predicted molar refractivity (Wildman–Crippen MR) is 101 cm³/mol. The Labute approximate surface area is 152 Å². The second kappa shape index (κ2) is 6.87. The SMILES string of the molecule is CC(C(=O)O)C1CCc2c([nH]c3ccc(OCc4ccccc4)cc23)C1. The summed E-state index contributed by atoms with van der Waals surface area (Å²) in [6.07, 6.45) is 2.64. The Hall–Kier alpha value is -2.75. The average molecular weight is 349 g/mol. The lowest BCUT2D eigenvalue weighted by Crippen LogP contribution is -2.26. The van der Waals surface area contributed by atoms with Crippen LogP contribution in [0.4, 0.5) is 0 Å². The second-order valence-corrected chi connectivity index (χ2v) is 7.19. The molecule has 1 aliphatic rings. The molecule has 0 saturated heterocycles. The lowest BCUT2D eigenvalue weighted by Gasteiger charge is -2.25. The van der Waals surface area contributed by atoms with E-state index in [9.17, 15) is 9.90 Å². The molecular formula is C22H23NO3. The van der Waals surface area contributed by atoms with Gasteiger partial charge in [0.2, 0.25) is 0 Å². The van der Waals surface area contributed by atoms with Gasteiger partial charge in [0.25, 0.3) is 0 Å². The number of aromatic amines is 1. The Balaban J connectivity index is 1.55. The summed E-state index contributed by atoms with van der Waals surface area (Å²) < 4.78 is 5.96. The zero-order valence-electron chi connectivity index (χ0n) is 14.9. The van der Waals surface area contributed by atoms with E-state index in [0.717, 1.165) is 36.1 Å². The number of rotatable bonds is 5. The topological polar surface area (TPSA) is 62.3 Å². The fourth-order valence-electron chi connectivity index (χ4n) is 3.90. The first kappa shape index (κ1) is 16.7. The minimum absolute atomic E-state index is 0.196. The Morgan fingerprint density at radius 1 is 1.27 bits per heavy atom. The van der Waals surface area contributed by atoms with Gasteiger partial charge in [0.15, 0.2) is 0 Å². The Bertz CT molecular complexity index is 929. The van der Waals surface area contributed by atoms with Crippen LogP contribution in [-0.2, 0) is 24.2 Å². The van der Waals surface area contributed by atoms with Crippen LogP contribution in [0.25, 0.3) is 10.9 Å². The third-order valence-electron chi connectivity index (χ3n) is 5.54. The van der Waals surface area contributed by atoms with E-state index >= 15 is 0 Å². The number of benzene rings is 2. The fraction of sp³-hybridized carbons (Fsp3) is 0.318. The summed E-state index contributed by atoms with van der Waals surface area (Å²) in [5.74, 6) is 0.0523. The first-order valence-electron chi connectivity index (χ1n) is 9.15. The molecule has 2 atom stereocenters. The van der Waals surface area contributed by atoms with Crippen LogP contribution < -0.4 is 4.74 Å². The Morgan fingerprint density at radius 3 is 2.85 bits per heavy atom. The summed E-state index contributed by atoms with van der Waals surface area (Å²) in [6.45, 7) is 2.37. The number of H-pyrrole nitrogens is 1. The summed E-state index contributed by atoms with van der Waals surface area (Å²) in [4.78, 5) is 14.8. The summed E-state index contributed by atoms with van der Waals surface area (Å²) in [6, 6.07) is 16.3. The lowest BCUT2D eigenvalue weighted by molar-refractivity contribution is -0.143. The van der Waals surface area contributed by atoms with Gasteiger partial charge in [-0.1, -0.05) is 37.3 Å². The number of nitrogens with one attached hydrogen (secondary N) is 1. The lowest BCUT2D eigenvalue weighted by atomic mass is 9.80. The number of aryl methyl sites for hydroxylation is 1. The molecule has 0 spiro atoms. The van der Waals surface area contributed by atoms with Gasteiger partial charge in [0, 0.05) is 16.6 Å². The first-order valence-corrected chi connectivity index (χ1v) is 9.15. The van der Waals surface area contributed by atoms with Gasteiger partial charge in [-0.25, -0.2) is 0 Å². The van der Waals surface area contributed by atoms with Crippen molar-refractivity contribution in [1.29, 1.82) is 0 Å². The predicted octanol–water partition coefficient (Wildman–Crippen LogP) is 4.57. The molecule has 26 heavy (non-hydrogen) atoms. The van der Waals surface area contributed by atoms with E-state index in [2.05, 4.69) is 29.2 Å². The second-order valence-electron chi connectivity index (χ2n) is 7.19. The zero-order valence-corrected chi connectivity index (χ0v) is 14.9. The molecule has 0 radical (unpaired) electrons. The molecule has 2 N–H and O–H groups in total. The molecule has 4 rings (SSSR count). The van der Waals surface area contributed by atoms with Crippen molar-refractivity contribution in [2.24, 2.45) is 11.8 Å². The third-order valence-corrected chi connectivity index (χ3v) is 5.54. The molecule has 2 unspecified atom stereocenters. The standard InChI is InChI=1S/C22H23NO3/c1-14(22(24)25)16-7-9-18-19-12-17(8-10-20(19)23-21(18)11-16)26-13-15-5-3-2-4-6-15/h2-6,8,10,12,14,16,23H,7,9,11,13H2,1H3,(H,24,25). The minimum atomic E-state index is -0.703. The largest absolute Gasteiger partial charge is 0.489 e. The Morgan fingerprint density at radius 2 is 2.08 bits per heavy atom. The Kier molecular flexibility index (Phi) is 4.41. The molecule has 2 aromatic carbocycles. The van der Waals surface area contributed by atoms with Crippen molar-refractivity contribution in [3.8, 4) is 5.75 Å². The molecule has 3 aromatic rings. The number of aliphatic carboxylic acids is 1. The highest BCUT2D eigenvalue weighted by Crippen LogP contribution is 2.36. The molecule has 0 aliphatic heterocycles. The smallest absolute Gasteiger partial charge is 0.306 e. The number of aromatic nitrogens is 1. The maximum absolute atomic E-state index is 11.3. The van der Waals surface area contributed by atoms with Gasteiger partial charge < -0.3 is 14.8 Å². The van der Waals surface area contributed by atoms with Crippen molar-refractivity contribution in [2.45, 2.75) is 32.8 Å². The van der Waals surface area contributed by atoms with Crippen LogP contribution in [-0.4, -0.2) is 16.1 Å². The van der Waals surface area contributed by atoms with Gasteiger partial charge in [-0.2, -0.15) is 0 Å². The normalized spacial score (nSPS) is 17.7. The van der Waals surface area contributed by atoms with Crippen LogP contribution in [0.5, 0.6) is 5.75 Å². The molecule has 1 aromatic heterocycles. The van der Waals surface area contributed by atoms with Gasteiger partial charge in [0.05, 0.1) is 5.92 Å². The van der Waals surface area contributed by atoms with Gasteiger partial charge in [-0.3, -0.25) is 4.79 Å². The van der Waals surface area contributed by atoms with E-state index < -0.39 is 5.97 Å². The van der Waals surface area contributed by atoms with E-state index in [0.29, 0.717) is 6.61 Å². The van der Waals surface area contributed by atoms with Crippen molar-refractivity contribution in [3.05, 3.63) is 65.4 Å². The molecule has 1 aliphatic carbocycles. The number of carboxylic acids is 1. The molecule has 134 valence electrons. The summed E-state index contributed by atoms with van der Waals surface area (Å²) in [7, 11) is 0. The highest BCUT2D eigenvalue weighted by Gasteiger charge is 2.29. The van der Waals surface area contributed by atoms with Gasteiger partial charge in [0.1, 0.15) is 12.4 Å². The average Bonchev–Trinajstić information content (AvgIpc) is 3.03. The fourth-order valence-corrected chi connectivity index (χ4v) is 3.90. The van der Waals surface area contributed by atoms with Gasteiger partial charge in [-0.15, -0.1) is 0 Å². The van der Waals surface area contributed by atoms with Crippen LogP contribution in [0.2, 0.25) is 0 Å². The maximum Gasteiger partial charge on any atom is 0.306 e. The van der Waals surface area contributed by atoms with Crippen LogP contribution in [0, 0.1) is 11.8 Å². The number of ether oxygens (including phenoxy) is 1. The van der Waals surface area contributed by atoms with E-state index in [1.54, 1.807) is 0 Å². The van der Waals surface area contributed by atoms with Crippen LogP contribution in [0.15, 0.2) is 48.5 Å². The first-order chi connectivity index (χ1) is 12.6. The third kappa shape index (κ3) is 3.19. The maximum atomic E-state index is 11.3. The van der Waals surface area contributed by atoms with Gasteiger partial charge in [-0.05, 0) is 54.5 Å². The number of carbonyl (C=O) groups is 1. The van der Waals surface area contributed by atoms with E-state index in [4.69, 9.17) is 4.74 Å². The molecule has 0 saturated carbocycles. The quantitative estimate of drug-likeness (QED) is 0.709. The minimum Gasteiger partial charge on any atom is -0.489 e. The van der Waals surface area contributed by atoms with E-state index in [1.807, 2.05) is 31.2 Å². The molecule has 4 nitrogen and oxygen atoms in total.